The summed E-state index contributed by atoms with van der Waals surface area (Å²) in [5.41, 5.74) is 1.30. The highest BCUT2D eigenvalue weighted by Gasteiger charge is 2.27. The Hall–Kier alpha value is -2.95. The van der Waals surface area contributed by atoms with Crippen LogP contribution in [0.5, 0.6) is 23.0 Å². The van der Waals surface area contributed by atoms with Gasteiger partial charge in [-0.1, -0.05) is 6.07 Å². The molecule has 0 saturated carbocycles. The molecule has 20 heavy (non-hydrogen) atoms. The molecule has 0 aromatic heterocycles. The molecule has 0 spiro atoms. The summed E-state index contributed by atoms with van der Waals surface area (Å²) >= 11 is 0. The average molecular weight is 270 g/mol. The second-order valence-electron chi connectivity index (χ2n) is 4.38. The number of hydrogen-bond acceptors (Lipinski definition) is 5. The number of carbonyl (C=O) groups excluding carboxylic acids is 1. The molecule has 0 atom stereocenters. The van der Waals surface area contributed by atoms with Gasteiger partial charge < -0.3 is 20.1 Å². The molecule has 0 unspecified atom stereocenters. The molecule has 1 heterocycles. The van der Waals surface area contributed by atoms with E-state index in [2.05, 4.69) is 0 Å². The van der Waals surface area contributed by atoms with Gasteiger partial charge in [-0.15, -0.1) is 0 Å². The minimum absolute atomic E-state index is 0.0292. The van der Waals surface area contributed by atoms with Gasteiger partial charge in [0.15, 0.2) is 11.5 Å². The largest absolute Gasteiger partial charge is 0.508 e. The summed E-state index contributed by atoms with van der Waals surface area (Å²) in [7, 11) is 0. The molecule has 0 amide bonds. The molecular formula is C15H10O5. The normalized spacial score (nSPS) is 15.2. The lowest BCUT2D eigenvalue weighted by Gasteiger charge is -2.00. The molecule has 2 aromatic carbocycles. The number of esters is 1. The van der Waals surface area contributed by atoms with Crippen LogP contribution in [0.2, 0.25) is 0 Å². The van der Waals surface area contributed by atoms with Crippen molar-refractivity contribution in [2.45, 2.75) is 0 Å². The third kappa shape index (κ3) is 1.95. The standard InChI is InChI=1S/C15H10O5/c16-9-2-4-14-10(7-9)11(15(19)20-14)5-8-1-3-12(17)13(18)6-8/h1-7,16-18H/b11-5-. The highest BCUT2D eigenvalue weighted by molar-refractivity contribution is 6.26. The van der Waals surface area contributed by atoms with Gasteiger partial charge in [-0.25, -0.2) is 4.79 Å². The van der Waals surface area contributed by atoms with Crippen molar-refractivity contribution >= 4 is 17.6 Å². The van der Waals surface area contributed by atoms with Crippen molar-refractivity contribution in [3.05, 3.63) is 47.5 Å². The first-order valence-electron chi connectivity index (χ1n) is 5.84. The highest BCUT2D eigenvalue weighted by atomic mass is 16.5. The second-order valence-corrected chi connectivity index (χ2v) is 4.38. The fraction of sp³-hybridized carbons (Fsp3) is 0. The Bertz CT molecular complexity index is 746. The second kappa shape index (κ2) is 4.31. The number of phenols is 3. The molecule has 1 aliphatic heterocycles. The lowest BCUT2D eigenvalue weighted by molar-refractivity contribution is -0.126. The van der Waals surface area contributed by atoms with Crippen molar-refractivity contribution in [2.75, 3.05) is 0 Å². The number of benzene rings is 2. The Kier molecular flexibility index (Phi) is 2.61. The van der Waals surface area contributed by atoms with Crippen LogP contribution in [0.25, 0.3) is 11.6 Å². The smallest absolute Gasteiger partial charge is 0.344 e. The van der Waals surface area contributed by atoms with Gasteiger partial charge in [0.25, 0.3) is 0 Å². The van der Waals surface area contributed by atoms with Crippen LogP contribution in [0.4, 0.5) is 0 Å². The van der Waals surface area contributed by atoms with Gasteiger partial charge >= 0.3 is 5.97 Å². The molecule has 2 aromatic rings. The Morgan fingerprint density at radius 3 is 2.50 bits per heavy atom. The third-order valence-electron chi connectivity index (χ3n) is 2.99. The van der Waals surface area contributed by atoms with E-state index in [4.69, 9.17) is 4.74 Å². The number of fused-ring (bicyclic) bond motifs is 1. The van der Waals surface area contributed by atoms with E-state index < -0.39 is 5.97 Å². The molecule has 3 N–H and O–H groups in total. The lowest BCUT2D eigenvalue weighted by Crippen LogP contribution is -2.00. The SMILES string of the molecule is O=C1Oc2ccc(O)cc2/C1=C/c1ccc(O)c(O)c1. The number of aromatic hydroxyl groups is 3. The van der Waals surface area contributed by atoms with Crippen LogP contribution in [0, 0.1) is 0 Å². The molecule has 5 heteroatoms. The average Bonchev–Trinajstić information content (AvgIpc) is 2.70. The van der Waals surface area contributed by atoms with Gasteiger partial charge in [0.05, 0.1) is 5.57 Å². The molecule has 0 saturated heterocycles. The minimum atomic E-state index is -0.529. The van der Waals surface area contributed by atoms with E-state index in [1.165, 1.54) is 36.4 Å². The van der Waals surface area contributed by atoms with Crippen LogP contribution in [0.15, 0.2) is 36.4 Å². The van der Waals surface area contributed by atoms with E-state index in [-0.39, 0.29) is 22.8 Å². The van der Waals surface area contributed by atoms with Crippen LogP contribution in [0.3, 0.4) is 0 Å². The molecule has 0 radical (unpaired) electrons. The number of carbonyl (C=O) groups is 1. The first-order chi connectivity index (χ1) is 9.54. The van der Waals surface area contributed by atoms with Gasteiger partial charge in [-0.2, -0.15) is 0 Å². The maximum Gasteiger partial charge on any atom is 0.344 e. The van der Waals surface area contributed by atoms with Gasteiger partial charge in [-0.3, -0.25) is 0 Å². The van der Waals surface area contributed by atoms with Crippen LogP contribution in [-0.4, -0.2) is 21.3 Å². The summed E-state index contributed by atoms with van der Waals surface area (Å²) < 4.78 is 5.07. The van der Waals surface area contributed by atoms with E-state index in [1.807, 2.05) is 0 Å². The van der Waals surface area contributed by atoms with Crippen molar-refractivity contribution in [1.82, 2.24) is 0 Å². The Labute approximate surface area is 114 Å². The molecule has 1 aliphatic rings. The van der Waals surface area contributed by atoms with Crippen molar-refractivity contribution in [3.63, 3.8) is 0 Å². The quantitative estimate of drug-likeness (QED) is 0.320. The Morgan fingerprint density at radius 2 is 1.75 bits per heavy atom. The summed E-state index contributed by atoms with van der Waals surface area (Å²) in [5.74, 6) is -0.636. The summed E-state index contributed by atoms with van der Waals surface area (Å²) in [5, 5.41) is 28.2. The Morgan fingerprint density at radius 1 is 0.950 bits per heavy atom. The zero-order valence-corrected chi connectivity index (χ0v) is 10.2. The molecule has 3 rings (SSSR count). The topological polar surface area (TPSA) is 87.0 Å². The summed E-state index contributed by atoms with van der Waals surface area (Å²) in [6.45, 7) is 0. The zero-order chi connectivity index (χ0) is 14.3. The van der Waals surface area contributed by atoms with Crippen molar-refractivity contribution in [3.8, 4) is 23.0 Å². The summed E-state index contributed by atoms with van der Waals surface area (Å²) in [6.07, 6.45) is 1.52. The summed E-state index contributed by atoms with van der Waals surface area (Å²) in [4.78, 5) is 11.8. The predicted molar refractivity (Wildman–Crippen MR) is 71.4 cm³/mol. The van der Waals surface area contributed by atoms with Crippen LogP contribution in [0.1, 0.15) is 11.1 Å². The zero-order valence-electron chi connectivity index (χ0n) is 10.2. The van der Waals surface area contributed by atoms with Crippen molar-refractivity contribution < 1.29 is 24.9 Å². The van der Waals surface area contributed by atoms with Gasteiger partial charge in [0, 0.05) is 5.56 Å². The fourth-order valence-electron chi connectivity index (χ4n) is 2.02. The van der Waals surface area contributed by atoms with Crippen LogP contribution < -0.4 is 4.74 Å². The first kappa shape index (κ1) is 12.1. The number of hydrogen-bond donors (Lipinski definition) is 3. The van der Waals surface area contributed by atoms with Gasteiger partial charge in [0.1, 0.15) is 11.5 Å². The number of ether oxygens (including phenoxy) is 1. The van der Waals surface area contributed by atoms with Crippen LogP contribution >= 0.6 is 0 Å². The van der Waals surface area contributed by atoms with Gasteiger partial charge in [-0.05, 0) is 42.0 Å². The predicted octanol–water partition coefficient (Wildman–Crippen LogP) is 2.26. The van der Waals surface area contributed by atoms with E-state index in [0.717, 1.165) is 0 Å². The van der Waals surface area contributed by atoms with E-state index in [9.17, 15) is 20.1 Å². The monoisotopic (exact) mass is 270 g/mol. The van der Waals surface area contributed by atoms with Crippen LogP contribution in [-0.2, 0) is 4.79 Å². The highest BCUT2D eigenvalue weighted by Crippen LogP contribution is 2.38. The van der Waals surface area contributed by atoms with E-state index >= 15 is 0 Å². The maximum absolute atomic E-state index is 11.8. The minimum Gasteiger partial charge on any atom is -0.508 e. The van der Waals surface area contributed by atoms with Crippen molar-refractivity contribution in [2.24, 2.45) is 0 Å². The van der Waals surface area contributed by atoms with Crippen molar-refractivity contribution in [1.29, 1.82) is 0 Å². The summed E-state index contributed by atoms with van der Waals surface area (Å²) in [6, 6.07) is 8.59. The molecule has 100 valence electrons. The number of rotatable bonds is 1. The molecular weight excluding hydrogens is 260 g/mol. The molecule has 5 nitrogen and oxygen atoms in total. The first-order valence-corrected chi connectivity index (χ1v) is 5.84. The molecule has 0 bridgehead atoms. The lowest BCUT2D eigenvalue weighted by atomic mass is 10.0. The Balaban J connectivity index is 2.10. The fourth-order valence-corrected chi connectivity index (χ4v) is 2.02. The third-order valence-corrected chi connectivity index (χ3v) is 2.99. The van der Waals surface area contributed by atoms with E-state index in [0.29, 0.717) is 16.9 Å². The van der Waals surface area contributed by atoms with Gasteiger partial charge in [0.2, 0.25) is 0 Å². The van der Waals surface area contributed by atoms with E-state index in [1.54, 1.807) is 6.07 Å². The molecule has 0 fully saturated rings. The maximum atomic E-state index is 11.8. The number of phenolic OH excluding ortho intramolecular Hbond substituents is 3. The molecule has 0 aliphatic carbocycles.